The van der Waals surface area contributed by atoms with E-state index in [0.29, 0.717) is 0 Å². The first-order valence-corrected chi connectivity index (χ1v) is 5.84. The highest BCUT2D eigenvalue weighted by Gasteiger charge is 2.46. The Bertz CT molecular complexity index is 521. The molecule has 0 aliphatic heterocycles. The van der Waals surface area contributed by atoms with Gasteiger partial charge in [0.05, 0.1) is 17.7 Å². The van der Waals surface area contributed by atoms with E-state index >= 15 is 0 Å². The molecule has 1 aliphatic carbocycles. The molecule has 0 spiro atoms. The summed E-state index contributed by atoms with van der Waals surface area (Å²) in [7, 11) is 0. The molecule has 3 rings (SSSR count). The summed E-state index contributed by atoms with van der Waals surface area (Å²) in [6, 6.07) is 12.0. The van der Waals surface area contributed by atoms with Crippen molar-refractivity contribution < 1.29 is 5.11 Å². The maximum absolute atomic E-state index is 9.39. The van der Waals surface area contributed by atoms with Crippen LogP contribution in [0.15, 0.2) is 42.6 Å². The summed E-state index contributed by atoms with van der Waals surface area (Å²) in [5.41, 5.74) is 1.85. The van der Waals surface area contributed by atoms with Crippen LogP contribution in [-0.4, -0.2) is 21.7 Å². The topological polar surface area (TPSA) is 46.0 Å². The summed E-state index contributed by atoms with van der Waals surface area (Å²) in [4.78, 5) is 8.88. The third-order valence-electron chi connectivity index (χ3n) is 3.36. The SMILES string of the molecule is OCC1(c2nccc(-c3ccccc3)n2)CC1. The monoisotopic (exact) mass is 226 g/mol. The van der Waals surface area contributed by atoms with Crippen LogP contribution in [0.4, 0.5) is 0 Å². The molecule has 0 atom stereocenters. The van der Waals surface area contributed by atoms with E-state index in [2.05, 4.69) is 9.97 Å². The van der Waals surface area contributed by atoms with Crippen LogP contribution in [0.3, 0.4) is 0 Å². The normalized spacial score (nSPS) is 16.8. The minimum Gasteiger partial charge on any atom is -0.395 e. The van der Waals surface area contributed by atoms with Gasteiger partial charge in [0.2, 0.25) is 0 Å². The van der Waals surface area contributed by atoms with Gasteiger partial charge >= 0.3 is 0 Å². The molecular formula is C14H14N2O. The third-order valence-corrected chi connectivity index (χ3v) is 3.36. The van der Waals surface area contributed by atoms with Crippen molar-refractivity contribution in [3.8, 4) is 11.3 Å². The van der Waals surface area contributed by atoms with E-state index < -0.39 is 0 Å². The Morgan fingerprint density at radius 2 is 1.88 bits per heavy atom. The highest BCUT2D eigenvalue weighted by molar-refractivity contribution is 5.58. The molecule has 1 fully saturated rings. The van der Waals surface area contributed by atoms with Crippen molar-refractivity contribution in [2.24, 2.45) is 0 Å². The fraction of sp³-hybridized carbons (Fsp3) is 0.286. The van der Waals surface area contributed by atoms with E-state index in [4.69, 9.17) is 0 Å². The van der Waals surface area contributed by atoms with Gasteiger partial charge in [-0.15, -0.1) is 0 Å². The van der Waals surface area contributed by atoms with Crippen molar-refractivity contribution in [1.29, 1.82) is 0 Å². The van der Waals surface area contributed by atoms with Gasteiger partial charge in [0.25, 0.3) is 0 Å². The van der Waals surface area contributed by atoms with Crippen LogP contribution < -0.4 is 0 Å². The molecule has 0 bridgehead atoms. The van der Waals surface area contributed by atoms with Crippen molar-refractivity contribution in [3.05, 3.63) is 48.4 Å². The Labute approximate surface area is 100 Å². The average molecular weight is 226 g/mol. The summed E-state index contributed by atoms with van der Waals surface area (Å²) in [6.07, 6.45) is 3.75. The minimum atomic E-state index is -0.162. The molecule has 1 N–H and O–H groups in total. The average Bonchev–Trinajstić information content (AvgIpc) is 3.21. The minimum absolute atomic E-state index is 0.144. The fourth-order valence-electron chi connectivity index (χ4n) is 1.99. The van der Waals surface area contributed by atoms with Gasteiger partial charge in [-0.25, -0.2) is 9.97 Å². The van der Waals surface area contributed by atoms with Crippen molar-refractivity contribution >= 4 is 0 Å². The van der Waals surface area contributed by atoms with Crippen LogP contribution in [0.1, 0.15) is 18.7 Å². The van der Waals surface area contributed by atoms with Crippen LogP contribution in [-0.2, 0) is 5.41 Å². The Hall–Kier alpha value is -1.74. The van der Waals surface area contributed by atoms with Gasteiger partial charge in [-0.3, -0.25) is 0 Å². The number of benzene rings is 1. The zero-order chi connectivity index (χ0) is 11.7. The van der Waals surface area contributed by atoms with E-state index in [1.54, 1.807) is 6.20 Å². The van der Waals surface area contributed by atoms with E-state index in [9.17, 15) is 5.11 Å². The first kappa shape index (κ1) is 10.4. The standard InChI is InChI=1S/C14H14N2O/c17-10-14(7-8-14)13-15-9-6-12(16-13)11-4-2-1-3-5-11/h1-6,9,17H,7-8,10H2. The summed E-state index contributed by atoms with van der Waals surface area (Å²) >= 11 is 0. The highest BCUT2D eigenvalue weighted by Crippen LogP contribution is 2.46. The maximum Gasteiger partial charge on any atom is 0.137 e. The van der Waals surface area contributed by atoms with Crippen LogP contribution in [0.5, 0.6) is 0 Å². The van der Waals surface area contributed by atoms with Gasteiger partial charge in [0, 0.05) is 11.8 Å². The molecule has 0 radical (unpaired) electrons. The smallest absolute Gasteiger partial charge is 0.137 e. The molecule has 1 aromatic heterocycles. The maximum atomic E-state index is 9.39. The zero-order valence-electron chi connectivity index (χ0n) is 9.50. The third kappa shape index (κ3) is 1.83. The van der Waals surface area contributed by atoms with Gasteiger partial charge in [-0.05, 0) is 18.9 Å². The quantitative estimate of drug-likeness (QED) is 0.872. The van der Waals surface area contributed by atoms with E-state index in [0.717, 1.165) is 29.9 Å². The Morgan fingerprint density at radius 3 is 2.53 bits per heavy atom. The first-order chi connectivity index (χ1) is 8.34. The van der Waals surface area contributed by atoms with E-state index in [1.165, 1.54) is 0 Å². The lowest BCUT2D eigenvalue weighted by Gasteiger charge is -2.10. The summed E-state index contributed by atoms with van der Waals surface area (Å²) in [5.74, 6) is 0.779. The van der Waals surface area contributed by atoms with Gasteiger partial charge in [0.1, 0.15) is 5.82 Å². The number of aliphatic hydroxyl groups excluding tert-OH is 1. The summed E-state index contributed by atoms with van der Waals surface area (Å²) in [5, 5.41) is 9.39. The predicted molar refractivity (Wildman–Crippen MR) is 65.5 cm³/mol. The van der Waals surface area contributed by atoms with Crippen molar-refractivity contribution in [2.75, 3.05) is 6.61 Å². The number of rotatable bonds is 3. The largest absolute Gasteiger partial charge is 0.395 e. The van der Waals surface area contributed by atoms with Crippen LogP contribution in [0, 0.1) is 0 Å². The Kier molecular flexibility index (Phi) is 2.41. The van der Waals surface area contributed by atoms with Crippen LogP contribution >= 0.6 is 0 Å². The molecule has 86 valence electrons. The van der Waals surface area contributed by atoms with E-state index in [-0.39, 0.29) is 12.0 Å². The fourth-order valence-corrected chi connectivity index (χ4v) is 1.99. The molecule has 1 aliphatic rings. The first-order valence-electron chi connectivity index (χ1n) is 5.84. The number of hydrogen-bond donors (Lipinski definition) is 1. The number of aromatic nitrogens is 2. The molecular weight excluding hydrogens is 212 g/mol. The number of hydrogen-bond acceptors (Lipinski definition) is 3. The van der Waals surface area contributed by atoms with Gasteiger partial charge in [-0.2, -0.15) is 0 Å². The second-order valence-electron chi connectivity index (χ2n) is 4.57. The molecule has 1 saturated carbocycles. The second kappa shape index (κ2) is 3.93. The second-order valence-corrected chi connectivity index (χ2v) is 4.57. The Balaban J connectivity index is 2.00. The molecule has 0 unspecified atom stereocenters. The predicted octanol–water partition coefficient (Wildman–Crippen LogP) is 2.17. The van der Waals surface area contributed by atoms with Crippen LogP contribution in [0.2, 0.25) is 0 Å². The van der Waals surface area contributed by atoms with Crippen molar-refractivity contribution in [2.45, 2.75) is 18.3 Å². The molecule has 1 aromatic carbocycles. The molecule has 0 amide bonds. The number of nitrogens with zero attached hydrogens (tertiary/aromatic N) is 2. The van der Waals surface area contributed by atoms with E-state index in [1.807, 2.05) is 36.4 Å². The van der Waals surface area contributed by atoms with Crippen molar-refractivity contribution in [1.82, 2.24) is 9.97 Å². The Morgan fingerprint density at radius 1 is 1.12 bits per heavy atom. The lowest BCUT2D eigenvalue weighted by atomic mass is 10.1. The summed E-state index contributed by atoms with van der Waals surface area (Å²) < 4.78 is 0. The number of aliphatic hydroxyl groups is 1. The van der Waals surface area contributed by atoms with Gasteiger partial charge < -0.3 is 5.11 Å². The van der Waals surface area contributed by atoms with Gasteiger partial charge in [0.15, 0.2) is 0 Å². The molecule has 2 aromatic rings. The lowest BCUT2D eigenvalue weighted by molar-refractivity contribution is 0.250. The van der Waals surface area contributed by atoms with Crippen LogP contribution in [0.25, 0.3) is 11.3 Å². The molecule has 1 heterocycles. The molecule has 17 heavy (non-hydrogen) atoms. The molecule has 3 nitrogen and oxygen atoms in total. The van der Waals surface area contributed by atoms with Crippen molar-refractivity contribution in [3.63, 3.8) is 0 Å². The lowest BCUT2D eigenvalue weighted by Crippen LogP contribution is -2.16. The highest BCUT2D eigenvalue weighted by atomic mass is 16.3. The molecule has 0 saturated heterocycles. The molecule has 3 heteroatoms. The zero-order valence-corrected chi connectivity index (χ0v) is 9.50. The van der Waals surface area contributed by atoms with Gasteiger partial charge in [-0.1, -0.05) is 30.3 Å². The summed E-state index contributed by atoms with van der Waals surface area (Å²) in [6.45, 7) is 0.144.